The average molecular weight is 285 g/mol. The SMILES string of the molecule is N/C(=N/O)c1ncccc1Sc1ccc2c(c1)CCC2. The van der Waals surface area contributed by atoms with E-state index in [9.17, 15) is 0 Å². The lowest BCUT2D eigenvalue weighted by Gasteiger charge is -2.08. The molecule has 1 aliphatic carbocycles. The number of aromatic nitrogens is 1. The van der Waals surface area contributed by atoms with Gasteiger partial charge in [0.1, 0.15) is 5.69 Å². The highest BCUT2D eigenvalue weighted by atomic mass is 32.2. The molecule has 20 heavy (non-hydrogen) atoms. The topological polar surface area (TPSA) is 71.5 Å². The maximum atomic E-state index is 8.82. The molecule has 3 N–H and O–H groups in total. The van der Waals surface area contributed by atoms with Crippen LogP contribution in [0.3, 0.4) is 0 Å². The van der Waals surface area contributed by atoms with Crippen molar-refractivity contribution in [1.29, 1.82) is 0 Å². The van der Waals surface area contributed by atoms with Crippen molar-refractivity contribution in [2.45, 2.75) is 29.1 Å². The fraction of sp³-hybridized carbons (Fsp3) is 0.200. The van der Waals surface area contributed by atoms with Crippen LogP contribution in [0.5, 0.6) is 0 Å². The third-order valence-corrected chi connectivity index (χ3v) is 4.46. The van der Waals surface area contributed by atoms with Crippen LogP contribution in [0.2, 0.25) is 0 Å². The minimum absolute atomic E-state index is 0.0364. The van der Waals surface area contributed by atoms with Crippen molar-refractivity contribution < 1.29 is 5.21 Å². The zero-order valence-corrected chi connectivity index (χ0v) is 11.7. The number of amidine groups is 1. The van der Waals surface area contributed by atoms with Crippen molar-refractivity contribution in [3.63, 3.8) is 0 Å². The van der Waals surface area contributed by atoms with Gasteiger partial charge in [0.15, 0.2) is 5.84 Å². The van der Waals surface area contributed by atoms with E-state index in [1.54, 1.807) is 18.0 Å². The molecule has 1 aliphatic rings. The van der Waals surface area contributed by atoms with Gasteiger partial charge in [0, 0.05) is 16.0 Å². The Kier molecular flexibility index (Phi) is 3.60. The molecule has 0 amide bonds. The van der Waals surface area contributed by atoms with Gasteiger partial charge in [0.05, 0.1) is 0 Å². The van der Waals surface area contributed by atoms with Crippen LogP contribution in [-0.2, 0) is 12.8 Å². The molecule has 0 aliphatic heterocycles. The molecule has 1 aromatic carbocycles. The molecule has 0 bridgehead atoms. The molecule has 2 aromatic rings. The number of hydrogen-bond donors (Lipinski definition) is 2. The monoisotopic (exact) mass is 285 g/mol. The second-order valence-corrected chi connectivity index (χ2v) is 5.84. The van der Waals surface area contributed by atoms with E-state index in [2.05, 4.69) is 28.3 Å². The van der Waals surface area contributed by atoms with Crippen LogP contribution in [-0.4, -0.2) is 16.0 Å². The molecule has 0 saturated heterocycles. The van der Waals surface area contributed by atoms with Crippen molar-refractivity contribution in [3.05, 3.63) is 53.3 Å². The molecule has 5 heteroatoms. The van der Waals surface area contributed by atoms with Gasteiger partial charge < -0.3 is 10.9 Å². The van der Waals surface area contributed by atoms with Gasteiger partial charge >= 0.3 is 0 Å². The Balaban J connectivity index is 1.92. The second-order valence-electron chi connectivity index (χ2n) is 4.72. The predicted molar refractivity (Wildman–Crippen MR) is 79.3 cm³/mol. The summed E-state index contributed by atoms with van der Waals surface area (Å²) in [7, 11) is 0. The standard InChI is InChI=1S/C15H15N3OS/c16-15(18-19)14-13(5-2-8-17-14)20-12-7-6-10-3-1-4-11(10)9-12/h2,5-9,19H,1,3-4H2,(H2,16,18). The summed E-state index contributed by atoms with van der Waals surface area (Å²) in [5.74, 6) is 0.0364. The lowest BCUT2D eigenvalue weighted by Crippen LogP contribution is -2.15. The summed E-state index contributed by atoms with van der Waals surface area (Å²) in [4.78, 5) is 6.23. The Morgan fingerprint density at radius 1 is 1.25 bits per heavy atom. The maximum Gasteiger partial charge on any atom is 0.189 e. The summed E-state index contributed by atoms with van der Waals surface area (Å²) >= 11 is 1.59. The van der Waals surface area contributed by atoms with Crippen LogP contribution in [0.4, 0.5) is 0 Å². The Hall–Kier alpha value is -2.01. The highest BCUT2D eigenvalue weighted by molar-refractivity contribution is 7.99. The van der Waals surface area contributed by atoms with Gasteiger partial charge in [0.2, 0.25) is 0 Å². The summed E-state index contributed by atoms with van der Waals surface area (Å²) in [6.07, 6.45) is 5.22. The lowest BCUT2D eigenvalue weighted by molar-refractivity contribution is 0.318. The number of pyridine rings is 1. The Morgan fingerprint density at radius 2 is 2.10 bits per heavy atom. The van der Waals surface area contributed by atoms with Gasteiger partial charge in [-0.05, 0) is 54.7 Å². The van der Waals surface area contributed by atoms with E-state index in [0.717, 1.165) is 16.2 Å². The molecule has 0 saturated carbocycles. The maximum absolute atomic E-state index is 8.82. The first kappa shape index (κ1) is 13.0. The lowest BCUT2D eigenvalue weighted by atomic mass is 10.1. The van der Waals surface area contributed by atoms with E-state index in [1.165, 1.54) is 24.0 Å². The summed E-state index contributed by atoms with van der Waals surface area (Å²) < 4.78 is 0. The molecule has 0 fully saturated rings. The number of hydrogen-bond acceptors (Lipinski definition) is 4. The second kappa shape index (κ2) is 5.54. The number of rotatable bonds is 3. The minimum atomic E-state index is 0.0364. The van der Waals surface area contributed by atoms with Crippen molar-refractivity contribution in [1.82, 2.24) is 4.98 Å². The van der Waals surface area contributed by atoms with Gasteiger partial charge in [-0.2, -0.15) is 0 Å². The molecule has 0 spiro atoms. The minimum Gasteiger partial charge on any atom is -0.409 e. The van der Waals surface area contributed by atoms with Crippen LogP contribution in [0.15, 0.2) is 51.5 Å². The van der Waals surface area contributed by atoms with Crippen molar-refractivity contribution >= 4 is 17.6 Å². The smallest absolute Gasteiger partial charge is 0.189 e. The zero-order chi connectivity index (χ0) is 13.9. The van der Waals surface area contributed by atoms with Gasteiger partial charge in [-0.25, -0.2) is 0 Å². The Labute approximate surface area is 121 Å². The molecule has 4 nitrogen and oxygen atoms in total. The molecule has 3 rings (SSSR count). The molecule has 0 radical (unpaired) electrons. The average Bonchev–Trinajstić information content (AvgIpc) is 2.94. The predicted octanol–water partition coefficient (Wildman–Crippen LogP) is 2.82. The number of nitrogens with two attached hydrogens (primary N) is 1. The van der Waals surface area contributed by atoms with Crippen LogP contribution in [0, 0.1) is 0 Å². The number of aryl methyl sites for hydroxylation is 2. The van der Waals surface area contributed by atoms with E-state index < -0.39 is 0 Å². The largest absolute Gasteiger partial charge is 0.409 e. The van der Waals surface area contributed by atoms with Crippen LogP contribution >= 0.6 is 11.8 Å². The van der Waals surface area contributed by atoms with Crippen LogP contribution in [0.1, 0.15) is 23.2 Å². The van der Waals surface area contributed by atoms with Gasteiger partial charge in [0.25, 0.3) is 0 Å². The third-order valence-electron chi connectivity index (χ3n) is 3.42. The highest BCUT2D eigenvalue weighted by Crippen LogP contribution is 2.33. The summed E-state index contributed by atoms with van der Waals surface area (Å²) in [6, 6.07) is 10.3. The van der Waals surface area contributed by atoms with Crippen molar-refractivity contribution in [2.75, 3.05) is 0 Å². The van der Waals surface area contributed by atoms with E-state index >= 15 is 0 Å². The zero-order valence-electron chi connectivity index (χ0n) is 10.9. The van der Waals surface area contributed by atoms with Gasteiger partial charge in [-0.1, -0.05) is 23.0 Å². The van der Waals surface area contributed by atoms with E-state index in [-0.39, 0.29) is 5.84 Å². The normalized spacial score (nSPS) is 14.3. The first-order chi connectivity index (χ1) is 9.78. The summed E-state index contributed by atoms with van der Waals surface area (Å²) in [5, 5.41) is 11.9. The van der Waals surface area contributed by atoms with Crippen molar-refractivity contribution in [2.24, 2.45) is 10.9 Å². The van der Waals surface area contributed by atoms with E-state index in [1.807, 2.05) is 12.1 Å². The molecule has 1 aromatic heterocycles. The number of oxime groups is 1. The molecule has 0 atom stereocenters. The van der Waals surface area contributed by atoms with Crippen LogP contribution in [0.25, 0.3) is 0 Å². The first-order valence-electron chi connectivity index (χ1n) is 6.50. The van der Waals surface area contributed by atoms with Crippen LogP contribution < -0.4 is 5.73 Å². The molecular formula is C15H15N3OS. The number of benzene rings is 1. The number of nitrogens with zero attached hydrogens (tertiary/aromatic N) is 2. The van der Waals surface area contributed by atoms with Gasteiger partial charge in [-0.3, -0.25) is 4.98 Å². The van der Waals surface area contributed by atoms with E-state index in [4.69, 9.17) is 10.9 Å². The summed E-state index contributed by atoms with van der Waals surface area (Å²) in [6.45, 7) is 0. The summed E-state index contributed by atoms with van der Waals surface area (Å²) in [5.41, 5.74) is 9.07. The fourth-order valence-corrected chi connectivity index (χ4v) is 3.44. The Morgan fingerprint density at radius 3 is 2.95 bits per heavy atom. The quantitative estimate of drug-likeness (QED) is 0.394. The fourth-order valence-electron chi connectivity index (χ4n) is 2.45. The molecule has 1 heterocycles. The van der Waals surface area contributed by atoms with E-state index in [0.29, 0.717) is 5.69 Å². The Bertz CT molecular complexity index is 670. The highest BCUT2D eigenvalue weighted by Gasteiger charge is 2.13. The third kappa shape index (κ3) is 2.49. The van der Waals surface area contributed by atoms with Crippen molar-refractivity contribution in [3.8, 4) is 0 Å². The number of fused-ring (bicyclic) bond motifs is 1. The molecule has 0 unspecified atom stereocenters. The molecular weight excluding hydrogens is 270 g/mol. The first-order valence-corrected chi connectivity index (χ1v) is 7.32. The van der Waals surface area contributed by atoms with Gasteiger partial charge in [-0.15, -0.1) is 0 Å². The molecule has 102 valence electrons.